The first-order valence-electron chi connectivity index (χ1n) is 4.72. The van der Waals surface area contributed by atoms with Gasteiger partial charge >= 0.3 is 11.9 Å². The molecule has 14 heavy (non-hydrogen) atoms. The Morgan fingerprint density at radius 1 is 1.00 bits per heavy atom. The number of aliphatic carboxylic acids is 2. The summed E-state index contributed by atoms with van der Waals surface area (Å²) in [4.78, 5) is 21.9. The highest BCUT2D eigenvalue weighted by Gasteiger charge is 2.70. The summed E-state index contributed by atoms with van der Waals surface area (Å²) in [5, 5.41) is 17.9. The van der Waals surface area contributed by atoms with Crippen LogP contribution in [0.5, 0.6) is 0 Å². The van der Waals surface area contributed by atoms with Crippen LogP contribution in [0.15, 0.2) is 0 Å². The van der Waals surface area contributed by atoms with Crippen LogP contribution >= 0.6 is 0 Å². The van der Waals surface area contributed by atoms with Crippen LogP contribution in [0.25, 0.3) is 0 Å². The predicted octanol–water partition coefficient (Wildman–Crippen LogP) is -0.195. The van der Waals surface area contributed by atoms with E-state index in [4.69, 9.17) is 14.9 Å². The van der Waals surface area contributed by atoms with Crippen molar-refractivity contribution in [2.45, 2.75) is 18.6 Å². The van der Waals surface area contributed by atoms with Crippen molar-refractivity contribution < 1.29 is 24.5 Å². The Labute approximate surface area is 79.7 Å². The molecule has 0 aromatic carbocycles. The molecular weight excluding hydrogens is 188 g/mol. The second-order valence-electron chi connectivity index (χ2n) is 4.36. The molecule has 0 spiro atoms. The SMILES string of the molecule is O=C(O)[C@@H]1[C@H](C(=O)O)[C@H]2C[C@@H]1C1OC12. The predicted molar refractivity (Wildman–Crippen MR) is 42.5 cm³/mol. The Bertz CT molecular complexity index is 295. The zero-order chi connectivity index (χ0) is 10.0. The first-order valence-corrected chi connectivity index (χ1v) is 4.72. The molecule has 3 fully saturated rings. The van der Waals surface area contributed by atoms with Crippen LogP contribution in [0.2, 0.25) is 0 Å². The molecule has 3 aliphatic rings. The van der Waals surface area contributed by atoms with Crippen molar-refractivity contribution >= 4 is 11.9 Å². The van der Waals surface area contributed by atoms with Gasteiger partial charge in [-0.1, -0.05) is 0 Å². The molecule has 2 aliphatic carbocycles. The van der Waals surface area contributed by atoms with E-state index >= 15 is 0 Å². The van der Waals surface area contributed by atoms with Crippen LogP contribution < -0.4 is 0 Å². The molecule has 2 N–H and O–H groups in total. The van der Waals surface area contributed by atoms with Crippen molar-refractivity contribution in [3.63, 3.8) is 0 Å². The number of hydrogen-bond donors (Lipinski definition) is 2. The number of fused-ring (bicyclic) bond motifs is 5. The highest BCUT2D eigenvalue weighted by Crippen LogP contribution is 2.61. The smallest absolute Gasteiger partial charge is 0.307 e. The number of epoxide rings is 1. The number of rotatable bonds is 2. The van der Waals surface area contributed by atoms with Gasteiger partial charge in [-0.3, -0.25) is 9.59 Å². The van der Waals surface area contributed by atoms with Gasteiger partial charge in [0.2, 0.25) is 0 Å². The fraction of sp³-hybridized carbons (Fsp3) is 0.778. The summed E-state index contributed by atoms with van der Waals surface area (Å²) in [5.74, 6) is -3.58. The standard InChI is InChI=1S/C9H10O5/c10-8(11)4-2-1-3(5(4)9(12)13)7-6(2)14-7/h2-7H,1H2,(H,10,11)(H,12,13)/t2-,3+,4-,5+,6?,7?. The molecular formula is C9H10O5. The van der Waals surface area contributed by atoms with Crippen molar-refractivity contribution in [1.29, 1.82) is 0 Å². The molecule has 3 rings (SSSR count). The van der Waals surface area contributed by atoms with Gasteiger partial charge in [0.1, 0.15) is 0 Å². The van der Waals surface area contributed by atoms with Crippen LogP contribution in [0, 0.1) is 23.7 Å². The summed E-state index contributed by atoms with van der Waals surface area (Å²) < 4.78 is 5.27. The van der Waals surface area contributed by atoms with Crippen LogP contribution in [0.1, 0.15) is 6.42 Å². The van der Waals surface area contributed by atoms with Gasteiger partial charge in [-0.15, -0.1) is 0 Å². The maximum Gasteiger partial charge on any atom is 0.307 e. The van der Waals surface area contributed by atoms with E-state index in [0.717, 1.165) is 0 Å². The number of ether oxygens (including phenoxy) is 1. The Hall–Kier alpha value is -1.10. The van der Waals surface area contributed by atoms with Crippen molar-refractivity contribution in [3.8, 4) is 0 Å². The molecule has 2 saturated carbocycles. The average molecular weight is 198 g/mol. The highest BCUT2D eigenvalue weighted by atomic mass is 16.6. The molecule has 0 amide bonds. The molecule has 0 radical (unpaired) electrons. The molecule has 76 valence electrons. The summed E-state index contributed by atoms with van der Waals surface area (Å²) in [7, 11) is 0. The first-order chi connectivity index (χ1) is 6.61. The second kappa shape index (κ2) is 2.28. The molecule has 6 atom stereocenters. The molecule has 1 saturated heterocycles. The van der Waals surface area contributed by atoms with Gasteiger partial charge in [-0.25, -0.2) is 0 Å². The minimum atomic E-state index is -0.987. The van der Waals surface area contributed by atoms with E-state index in [1.165, 1.54) is 0 Å². The van der Waals surface area contributed by atoms with Gasteiger partial charge in [0.25, 0.3) is 0 Å². The summed E-state index contributed by atoms with van der Waals surface area (Å²) in [6.45, 7) is 0. The fourth-order valence-corrected chi connectivity index (χ4v) is 3.32. The van der Waals surface area contributed by atoms with Gasteiger partial charge in [-0.05, 0) is 6.42 Å². The Morgan fingerprint density at radius 3 is 1.79 bits per heavy atom. The topological polar surface area (TPSA) is 87.1 Å². The van der Waals surface area contributed by atoms with Crippen molar-refractivity contribution in [2.75, 3.05) is 0 Å². The minimum Gasteiger partial charge on any atom is -0.481 e. The second-order valence-corrected chi connectivity index (χ2v) is 4.36. The minimum absolute atomic E-state index is 0.0386. The summed E-state index contributed by atoms with van der Waals surface area (Å²) >= 11 is 0. The van der Waals surface area contributed by atoms with E-state index in [0.29, 0.717) is 6.42 Å². The van der Waals surface area contributed by atoms with Crippen molar-refractivity contribution in [2.24, 2.45) is 23.7 Å². The fourth-order valence-electron chi connectivity index (χ4n) is 3.32. The van der Waals surface area contributed by atoms with E-state index in [9.17, 15) is 9.59 Å². The maximum atomic E-state index is 11.0. The van der Waals surface area contributed by atoms with Gasteiger partial charge in [0.15, 0.2) is 0 Å². The third-order valence-electron chi connectivity index (χ3n) is 3.83. The maximum absolute atomic E-state index is 11.0. The van der Waals surface area contributed by atoms with Gasteiger partial charge in [0, 0.05) is 11.8 Å². The number of hydrogen-bond acceptors (Lipinski definition) is 3. The van der Waals surface area contributed by atoms with Gasteiger partial charge in [0.05, 0.1) is 24.0 Å². The molecule has 0 aromatic heterocycles. The van der Waals surface area contributed by atoms with E-state index in [1.807, 2.05) is 0 Å². The molecule has 5 nitrogen and oxygen atoms in total. The van der Waals surface area contributed by atoms with E-state index in [2.05, 4.69) is 0 Å². The lowest BCUT2D eigenvalue weighted by Gasteiger charge is -2.21. The van der Waals surface area contributed by atoms with Crippen molar-refractivity contribution in [1.82, 2.24) is 0 Å². The van der Waals surface area contributed by atoms with Crippen LogP contribution in [-0.4, -0.2) is 34.4 Å². The zero-order valence-electron chi connectivity index (χ0n) is 7.29. The zero-order valence-corrected chi connectivity index (χ0v) is 7.29. The third kappa shape index (κ3) is 0.785. The van der Waals surface area contributed by atoms with Crippen LogP contribution in [0.4, 0.5) is 0 Å². The molecule has 1 heterocycles. The Kier molecular flexibility index (Phi) is 1.34. The van der Waals surface area contributed by atoms with Crippen LogP contribution in [0.3, 0.4) is 0 Å². The van der Waals surface area contributed by atoms with Crippen molar-refractivity contribution in [3.05, 3.63) is 0 Å². The molecule has 2 unspecified atom stereocenters. The summed E-state index contributed by atoms with van der Waals surface area (Å²) in [6, 6.07) is 0. The molecule has 5 heteroatoms. The summed E-state index contributed by atoms with van der Waals surface area (Å²) in [5.41, 5.74) is 0. The molecule has 1 aliphatic heterocycles. The first kappa shape index (κ1) is 8.23. The third-order valence-corrected chi connectivity index (χ3v) is 3.83. The van der Waals surface area contributed by atoms with E-state index < -0.39 is 23.8 Å². The van der Waals surface area contributed by atoms with Gasteiger partial charge < -0.3 is 14.9 Å². The van der Waals surface area contributed by atoms with Crippen LogP contribution in [-0.2, 0) is 14.3 Å². The molecule has 0 aromatic rings. The average Bonchev–Trinajstić information content (AvgIpc) is 2.71. The van der Waals surface area contributed by atoms with E-state index in [-0.39, 0.29) is 24.0 Å². The van der Waals surface area contributed by atoms with E-state index in [1.54, 1.807) is 0 Å². The van der Waals surface area contributed by atoms with Gasteiger partial charge in [-0.2, -0.15) is 0 Å². The molecule has 2 bridgehead atoms. The normalized spacial score (nSPS) is 52.9. The monoisotopic (exact) mass is 198 g/mol. The largest absolute Gasteiger partial charge is 0.481 e. The summed E-state index contributed by atoms with van der Waals surface area (Å²) in [6.07, 6.45) is 0.789. The Balaban J connectivity index is 1.95. The lowest BCUT2D eigenvalue weighted by atomic mass is 9.79. The lowest BCUT2D eigenvalue weighted by Crippen LogP contribution is -2.37. The highest BCUT2D eigenvalue weighted by molar-refractivity contribution is 5.82. The number of carboxylic acid groups (broad SMARTS) is 2. The number of carboxylic acids is 2. The quantitative estimate of drug-likeness (QED) is 0.600. The lowest BCUT2D eigenvalue weighted by molar-refractivity contribution is -0.155. The number of carbonyl (C=O) groups is 2. The Morgan fingerprint density at radius 2 is 1.43 bits per heavy atom.